The van der Waals surface area contributed by atoms with Gasteiger partial charge < -0.3 is 4.42 Å². The van der Waals surface area contributed by atoms with Crippen LogP contribution in [0.1, 0.15) is 23.6 Å². The second-order valence-corrected chi connectivity index (χ2v) is 12.6. The molecule has 0 bridgehead atoms. The summed E-state index contributed by atoms with van der Waals surface area (Å²) in [6, 6.07) is 53.0. The van der Waals surface area contributed by atoms with Gasteiger partial charge in [0.2, 0.25) is 0 Å². The van der Waals surface area contributed by atoms with Gasteiger partial charge in [0.05, 0.1) is 16.8 Å². The summed E-state index contributed by atoms with van der Waals surface area (Å²) in [7, 11) is 0. The van der Waals surface area contributed by atoms with Gasteiger partial charge in [0.25, 0.3) is 0 Å². The Hall–Kier alpha value is -6.32. The maximum atomic E-state index is 6.57. The van der Waals surface area contributed by atoms with Crippen LogP contribution in [0.2, 0.25) is 0 Å². The van der Waals surface area contributed by atoms with Gasteiger partial charge in [0.15, 0.2) is 5.82 Å². The summed E-state index contributed by atoms with van der Waals surface area (Å²) < 4.78 is 6.57. The number of para-hydroxylation sites is 2. The second-order valence-electron chi connectivity index (χ2n) is 12.6. The van der Waals surface area contributed by atoms with Crippen molar-refractivity contribution in [3.05, 3.63) is 168 Å². The highest BCUT2D eigenvalue weighted by Gasteiger charge is 2.18. The Kier molecular flexibility index (Phi) is 6.91. The zero-order chi connectivity index (χ0) is 32.9. The van der Waals surface area contributed by atoms with Gasteiger partial charge in [-0.1, -0.05) is 133 Å². The number of furan rings is 1. The van der Waals surface area contributed by atoms with Gasteiger partial charge >= 0.3 is 0 Å². The van der Waals surface area contributed by atoms with E-state index in [1.165, 1.54) is 38.6 Å². The van der Waals surface area contributed by atoms with E-state index in [4.69, 9.17) is 14.4 Å². The van der Waals surface area contributed by atoms with Gasteiger partial charge in [-0.15, -0.1) is 0 Å². The minimum Gasteiger partial charge on any atom is -0.455 e. The summed E-state index contributed by atoms with van der Waals surface area (Å²) in [4.78, 5) is 10.2. The fourth-order valence-corrected chi connectivity index (χ4v) is 7.14. The minimum atomic E-state index is 0.652. The molecule has 49 heavy (non-hydrogen) atoms. The number of aromatic nitrogens is 2. The normalized spacial score (nSPS) is 12.0. The predicted molar refractivity (Wildman–Crippen MR) is 205 cm³/mol. The first-order valence-corrected chi connectivity index (χ1v) is 16.7. The topological polar surface area (TPSA) is 38.9 Å². The van der Waals surface area contributed by atoms with E-state index in [0.717, 1.165) is 55.2 Å². The van der Waals surface area contributed by atoms with Crippen LogP contribution in [-0.4, -0.2) is 9.97 Å². The molecule has 7 aromatic carbocycles. The molecule has 0 aliphatic rings. The van der Waals surface area contributed by atoms with Gasteiger partial charge in [-0.2, -0.15) is 0 Å². The molecule has 9 aromatic rings. The number of hydrogen-bond acceptors (Lipinski definition) is 3. The number of hydrogen-bond donors (Lipinski definition) is 0. The number of fused-ring (bicyclic) bond motifs is 5. The van der Waals surface area contributed by atoms with Crippen molar-refractivity contribution >= 4 is 55.3 Å². The summed E-state index contributed by atoms with van der Waals surface area (Å²) in [5.41, 5.74) is 12.7. The van der Waals surface area contributed by atoms with Crippen molar-refractivity contribution in [2.24, 2.45) is 0 Å². The lowest BCUT2D eigenvalue weighted by Gasteiger charge is -2.13. The Morgan fingerprint density at radius 3 is 2.20 bits per heavy atom. The number of nitrogens with zero attached hydrogens (tertiary/aromatic N) is 2. The monoisotopic (exact) mass is 628 g/mol. The van der Waals surface area contributed by atoms with Gasteiger partial charge in [0.1, 0.15) is 11.2 Å². The van der Waals surface area contributed by atoms with E-state index in [1.54, 1.807) is 0 Å². The zero-order valence-electron chi connectivity index (χ0n) is 27.3. The third-order valence-electron chi connectivity index (χ3n) is 9.66. The molecule has 0 atom stereocenters. The van der Waals surface area contributed by atoms with Crippen molar-refractivity contribution in [3.63, 3.8) is 0 Å². The van der Waals surface area contributed by atoms with Crippen LogP contribution >= 0.6 is 0 Å². The van der Waals surface area contributed by atoms with Crippen molar-refractivity contribution in [3.8, 4) is 33.8 Å². The molecule has 9 rings (SSSR count). The van der Waals surface area contributed by atoms with Gasteiger partial charge in [-0.05, 0) is 82.3 Å². The molecular weight excluding hydrogens is 597 g/mol. The number of allylic oxidation sites excluding steroid dienone is 1. The highest BCUT2D eigenvalue weighted by Crippen LogP contribution is 2.39. The lowest BCUT2D eigenvalue weighted by Crippen LogP contribution is -1.95. The Bertz CT molecular complexity index is 2740. The van der Waals surface area contributed by atoms with E-state index in [9.17, 15) is 0 Å². The average Bonchev–Trinajstić information content (AvgIpc) is 3.54. The molecule has 0 radical (unpaired) electrons. The summed E-state index contributed by atoms with van der Waals surface area (Å²) in [6.45, 7) is 4.41. The average molecular weight is 629 g/mol. The number of benzene rings is 7. The van der Waals surface area contributed by atoms with Crippen molar-refractivity contribution in [2.45, 2.75) is 13.8 Å². The van der Waals surface area contributed by atoms with Crippen LogP contribution in [0, 0.1) is 6.92 Å². The van der Waals surface area contributed by atoms with Crippen molar-refractivity contribution in [1.29, 1.82) is 0 Å². The second kappa shape index (κ2) is 11.7. The van der Waals surface area contributed by atoms with Gasteiger partial charge in [-0.25, -0.2) is 9.97 Å². The molecule has 0 saturated carbocycles. The summed E-state index contributed by atoms with van der Waals surface area (Å²) in [6.07, 6.45) is 2.30. The van der Waals surface area contributed by atoms with E-state index in [0.29, 0.717) is 5.82 Å². The summed E-state index contributed by atoms with van der Waals surface area (Å²) >= 11 is 0. The van der Waals surface area contributed by atoms with Crippen molar-refractivity contribution in [2.75, 3.05) is 0 Å². The molecule has 0 aliphatic carbocycles. The molecule has 0 spiro atoms. The van der Waals surface area contributed by atoms with Crippen LogP contribution in [0.5, 0.6) is 0 Å². The Labute approximate surface area is 284 Å². The smallest absolute Gasteiger partial charge is 0.164 e. The Morgan fingerprint density at radius 2 is 1.31 bits per heavy atom. The highest BCUT2D eigenvalue weighted by molar-refractivity contribution is 6.10. The maximum absolute atomic E-state index is 6.57. The maximum Gasteiger partial charge on any atom is 0.164 e. The van der Waals surface area contributed by atoms with Gasteiger partial charge in [-0.3, -0.25) is 0 Å². The standard InChI is InChI=1S/C46H32N2O/c1-29(27-34-16-7-9-18-37(34)36-25-23-31-13-6-8-17-35(31)30(36)2)33-24-26-43-41(28-33)38-20-12-21-40(45(38)49-43)46-47-42-22-11-10-19-39(42)44(48-46)32-14-4-3-5-15-32/h3-28H,1-2H3/b29-27-. The third kappa shape index (κ3) is 4.99. The lowest BCUT2D eigenvalue weighted by atomic mass is 9.91. The quantitative estimate of drug-likeness (QED) is 0.178. The molecule has 0 fully saturated rings. The van der Waals surface area contributed by atoms with Crippen LogP contribution < -0.4 is 0 Å². The number of rotatable bonds is 5. The van der Waals surface area contributed by atoms with E-state index in [2.05, 4.69) is 135 Å². The first-order valence-electron chi connectivity index (χ1n) is 16.7. The molecule has 3 nitrogen and oxygen atoms in total. The minimum absolute atomic E-state index is 0.652. The number of aryl methyl sites for hydroxylation is 1. The zero-order valence-corrected chi connectivity index (χ0v) is 27.3. The summed E-state index contributed by atoms with van der Waals surface area (Å²) in [5.74, 6) is 0.652. The Balaban J connectivity index is 1.14. The lowest BCUT2D eigenvalue weighted by molar-refractivity contribution is 0.669. The third-order valence-corrected chi connectivity index (χ3v) is 9.66. The van der Waals surface area contributed by atoms with Crippen LogP contribution in [0.15, 0.2) is 156 Å². The fourth-order valence-electron chi connectivity index (χ4n) is 7.14. The molecule has 0 N–H and O–H groups in total. The first-order chi connectivity index (χ1) is 24.1. The predicted octanol–water partition coefficient (Wildman–Crippen LogP) is 12.6. The molecule has 0 unspecified atom stereocenters. The molecule has 0 aliphatic heterocycles. The van der Waals surface area contributed by atoms with Crippen LogP contribution in [0.3, 0.4) is 0 Å². The molecule has 0 saturated heterocycles. The van der Waals surface area contributed by atoms with Crippen LogP contribution in [0.4, 0.5) is 0 Å². The molecule has 2 aromatic heterocycles. The fraction of sp³-hybridized carbons (Fsp3) is 0.0435. The van der Waals surface area contributed by atoms with E-state index in [-0.39, 0.29) is 0 Å². The van der Waals surface area contributed by atoms with Crippen molar-refractivity contribution in [1.82, 2.24) is 9.97 Å². The van der Waals surface area contributed by atoms with E-state index in [1.807, 2.05) is 36.4 Å². The molecule has 232 valence electrons. The van der Waals surface area contributed by atoms with Gasteiger partial charge in [0, 0.05) is 21.7 Å². The van der Waals surface area contributed by atoms with E-state index < -0.39 is 0 Å². The van der Waals surface area contributed by atoms with Crippen LogP contribution in [-0.2, 0) is 0 Å². The van der Waals surface area contributed by atoms with Crippen molar-refractivity contribution < 1.29 is 4.42 Å². The summed E-state index contributed by atoms with van der Waals surface area (Å²) in [5, 5.41) is 5.70. The first kappa shape index (κ1) is 28.9. The largest absolute Gasteiger partial charge is 0.455 e. The SMILES string of the molecule is C/C(=C/c1ccccc1-c1ccc2ccccc2c1C)c1ccc2oc3c(-c4nc(-c5ccccc5)c5ccccc5n4)cccc3c2c1. The molecule has 0 amide bonds. The molecule has 3 heteroatoms. The van der Waals surface area contributed by atoms with Crippen LogP contribution in [0.25, 0.3) is 89.0 Å². The highest BCUT2D eigenvalue weighted by atomic mass is 16.3. The Morgan fingerprint density at radius 1 is 0.571 bits per heavy atom. The molecule has 2 heterocycles. The molecular formula is C46H32N2O. The van der Waals surface area contributed by atoms with E-state index >= 15 is 0 Å².